The van der Waals surface area contributed by atoms with E-state index in [1.807, 2.05) is 0 Å². The Balaban J connectivity index is 1.80. The third kappa shape index (κ3) is 4.51. The standard InChI is InChI=1S/C17H21NO/c1-14-3-5-15(6-4-14)11-18-12-16-7-9-17(10-8-16)13-19-2/h3-10,18H,11-13H2,1-2H3. The van der Waals surface area contributed by atoms with E-state index in [0.29, 0.717) is 6.61 Å². The molecule has 0 atom stereocenters. The molecule has 2 nitrogen and oxygen atoms in total. The molecule has 0 aliphatic rings. The first-order valence-corrected chi connectivity index (χ1v) is 6.61. The van der Waals surface area contributed by atoms with Gasteiger partial charge in [0.1, 0.15) is 0 Å². The molecule has 0 heterocycles. The Morgan fingerprint density at radius 2 is 1.26 bits per heavy atom. The second kappa shape index (κ2) is 7.07. The maximum absolute atomic E-state index is 5.10. The minimum atomic E-state index is 0.678. The van der Waals surface area contributed by atoms with Crippen molar-refractivity contribution in [1.82, 2.24) is 5.32 Å². The van der Waals surface area contributed by atoms with Gasteiger partial charge in [0.2, 0.25) is 0 Å². The zero-order valence-corrected chi connectivity index (χ0v) is 11.6. The van der Waals surface area contributed by atoms with Crippen LogP contribution in [0, 0.1) is 6.92 Å². The molecular weight excluding hydrogens is 234 g/mol. The van der Waals surface area contributed by atoms with Gasteiger partial charge in [-0.3, -0.25) is 0 Å². The number of rotatable bonds is 6. The predicted molar refractivity (Wildman–Crippen MR) is 78.9 cm³/mol. The molecule has 100 valence electrons. The molecule has 0 saturated heterocycles. The van der Waals surface area contributed by atoms with Crippen LogP contribution in [0.25, 0.3) is 0 Å². The average Bonchev–Trinajstić information content (AvgIpc) is 2.43. The van der Waals surface area contributed by atoms with Gasteiger partial charge in [-0.1, -0.05) is 54.1 Å². The van der Waals surface area contributed by atoms with E-state index in [-0.39, 0.29) is 0 Å². The first kappa shape index (κ1) is 13.8. The van der Waals surface area contributed by atoms with Gasteiger partial charge in [0.15, 0.2) is 0 Å². The summed E-state index contributed by atoms with van der Waals surface area (Å²) in [6, 6.07) is 17.2. The molecule has 2 aromatic rings. The van der Waals surface area contributed by atoms with Crippen molar-refractivity contribution in [3.8, 4) is 0 Å². The van der Waals surface area contributed by atoms with Gasteiger partial charge >= 0.3 is 0 Å². The molecule has 0 bridgehead atoms. The molecule has 0 aromatic heterocycles. The van der Waals surface area contributed by atoms with E-state index in [2.05, 4.69) is 60.8 Å². The molecule has 0 amide bonds. The van der Waals surface area contributed by atoms with Crippen LogP contribution in [-0.2, 0) is 24.4 Å². The van der Waals surface area contributed by atoms with Crippen LogP contribution in [0.3, 0.4) is 0 Å². The van der Waals surface area contributed by atoms with Crippen molar-refractivity contribution in [3.05, 3.63) is 70.8 Å². The number of methoxy groups -OCH3 is 1. The van der Waals surface area contributed by atoms with Crippen LogP contribution in [0.2, 0.25) is 0 Å². The highest BCUT2D eigenvalue weighted by molar-refractivity contribution is 5.23. The van der Waals surface area contributed by atoms with Gasteiger partial charge in [-0.25, -0.2) is 0 Å². The van der Waals surface area contributed by atoms with E-state index >= 15 is 0 Å². The molecule has 0 fully saturated rings. The highest BCUT2D eigenvalue weighted by Crippen LogP contribution is 2.06. The topological polar surface area (TPSA) is 21.3 Å². The second-order valence-electron chi connectivity index (χ2n) is 4.84. The second-order valence-corrected chi connectivity index (χ2v) is 4.84. The Hall–Kier alpha value is -1.64. The molecule has 2 rings (SSSR count). The van der Waals surface area contributed by atoms with Crippen LogP contribution < -0.4 is 5.32 Å². The summed E-state index contributed by atoms with van der Waals surface area (Å²) in [7, 11) is 1.72. The average molecular weight is 255 g/mol. The van der Waals surface area contributed by atoms with Crippen molar-refractivity contribution in [2.75, 3.05) is 7.11 Å². The first-order valence-electron chi connectivity index (χ1n) is 6.61. The summed E-state index contributed by atoms with van der Waals surface area (Å²) in [6.45, 7) is 4.58. The predicted octanol–water partition coefficient (Wildman–Crippen LogP) is 3.43. The first-order chi connectivity index (χ1) is 9.28. The van der Waals surface area contributed by atoms with E-state index < -0.39 is 0 Å². The highest BCUT2D eigenvalue weighted by atomic mass is 16.5. The van der Waals surface area contributed by atoms with Gasteiger partial charge in [0, 0.05) is 20.2 Å². The van der Waals surface area contributed by atoms with Crippen molar-refractivity contribution >= 4 is 0 Å². The molecule has 2 heteroatoms. The zero-order valence-electron chi connectivity index (χ0n) is 11.6. The molecule has 19 heavy (non-hydrogen) atoms. The highest BCUT2D eigenvalue weighted by Gasteiger charge is 1.96. The lowest BCUT2D eigenvalue weighted by Gasteiger charge is -2.06. The summed E-state index contributed by atoms with van der Waals surface area (Å²) in [5.74, 6) is 0. The number of aryl methyl sites for hydroxylation is 1. The van der Waals surface area contributed by atoms with E-state index in [0.717, 1.165) is 13.1 Å². The Labute approximate surface area is 115 Å². The van der Waals surface area contributed by atoms with Crippen LogP contribution in [0.4, 0.5) is 0 Å². The third-order valence-corrected chi connectivity index (χ3v) is 3.11. The maximum atomic E-state index is 5.10. The van der Waals surface area contributed by atoms with Crippen molar-refractivity contribution in [2.45, 2.75) is 26.6 Å². The largest absolute Gasteiger partial charge is 0.380 e. The van der Waals surface area contributed by atoms with Gasteiger partial charge in [0.25, 0.3) is 0 Å². The fraction of sp³-hybridized carbons (Fsp3) is 0.294. The quantitative estimate of drug-likeness (QED) is 0.854. The number of ether oxygens (including phenoxy) is 1. The molecule has 0 unspecified atom stereocenters. The summed E-state index contributed by atoms with van der Waals surface area (Å²) in [5, 5.41) is 3.46. The Morgan fingerprint density at radius 3 is 1.79 bits per heavy atom. The van der Waals surface area contributed by atoms with Gasteiger partial charge in [-0.05, 0) is 23.6 Å². The van der Waals surface area contributed by atoms with E-state index in [1.165, 1.54) is 22.3 Å². The molecule has 0 aliphatic carbocycles. The molecule has 2 aromatic carbocycles. The lowest BCUT2D eigenvalue weighted by molar-refractivity contribution is 0.185. The fourth-order valence-corrected chi connectivity index (χ4v) is 1.98. The van der Waals surface area contributed by atoms with Gasteiger partial charge in [-0.15, -0.1) is 0 Å². The van der Waals surface area contributed by atoms with Crippen molar-refractivity contribution in [2.24, 2.45) is 0 Å². The van der Waals surface area contributed by atoms with Crippen LogP contribution in [-0.4, -0.2) is 7.11 Å². The molecule has 1 N–H and O–H groups in total. The SMILES string of the molecule is COCc1ccc(CNCc2ccc(C)cc2)cc1. The molecular formula is C17H21NO. The van der Waals surface area contributed by atoms with Crippen molar-refractivity contribution in [1.29, 1.82) is 0 Å². The maximum Gasteiger partial charge on any atom is 0.0713 e. The Morgan fingerprint density at radius 1 is 0.789 bits per heavy atom. The molecule has 0 aliphatic heterocycles. The summed E-state index contributed by atoms with van der Waals surface area (Å²) in [5.41, 5.74) is 5.14. The lowest BCUT2D eigenvalue weighted by atomic mass is 10.1. The van der Waals surface area contributed by atoms with E-state index in [1.54, 1.807) is 7.11 Å². The molecule has 0 saturated carbocycles. The van der Waals surface area contributed by atoms with Crippen LogP contribution >= 0.6 is 0 Å². The number of nitrogens with one attached hydrogen (secondary N) is 1. The summed E-state index contributed by atoms with van der Waals surface area (Å²) in [4.78, 5) is 0. The summed E-state index contributed by atoms with van der Waals surface area (Å²) in [6.07, 6.45) is 0. The van der Waals surface area contributed by atoms with Crippen LogP contribution in [0.5, 0.6) is 0 Å². The van der Waals surface area contributed by atoms with Gasteiger partial charge < -0.3 is 10.1 Å². The minimum absolute atomic E-state index is 0.678. The van der Waals surface area contributed by atoms with Crippen LogP contribution in [0.15, 0.2) is 48.5 Å². The monoisotopic (exact) mass is 255 g/mol. The normalized spacial score (nSPS) is 10.6. The van der Waals surface area contributed by atoms with Gasteiger partial charge in [0.05, 0.1) is 6.61 Å². The Bertz CT molecular complexity index is 488. The summed E-state index contributed by atoms with van der Waals surface area (Å²) < 4.78 is 5.10. The van der Waals surface area contributed by atoms with E-state index in [9.17, 15) is 0 Å². The van der Waals surface area contributed by atoms with Crippen molar-refractivity contribution in [3.63, 3.8) is 0 Å². The number of hydrogen-bond donors (Lipinski definition) is 1. The van der Waals surface area contributed by atoms with Crippen molar-refractivity contribution < 1.29 is 4.74 Å². The molecule has 0 spiro atoms. The lowest BCUT2D eigenvalue weighted by Crippen LogP contribution is -2.12. The fourth-order valence-electron chi connectivity index (χ4n) is 1.98. The van der Waals surface area contributed by atoms with Gasteiger partial charge in [-0.2, -0.15) is 0 Å². The summed E-state index contributed by atoms with van der Waals surface area (Å²) >= 11 is 0. The zero-order chi connectivity index (χ0) is 13.5. The smallest absolute Gasteiger partial charge is 0.0713 e. The van der Waals surface area contributed by atoms with E-state index in [4.69, 9.17) is 4.74 Å². The van der Waals surface area contributed by atoms with Crippen LogP contribution in [0.1, 0.15) is 22.3 Å². The molecule has 0 radical (unpaired) electrons. The number of benzene rings is 2. The number of hydrogen-bond acceptors (Lipinski definition) is 2. The Kier molecular flexibility index (Phi) is 5.13. The third-order valence-electron chi connectivity index (χ3n) is 3.11. The minimum Gasteiger partial charge on any atom is -0.380 e.